The lowest BCUT2D eigenvalue weighted by atomic mass is 10.3. The highest BCUT2D eigenvalue weighted by molar-refractivity contribution is 5.67. The minimum Gasteiger partial charge on any atom is -0.465 e. The maximum atomic E-state index is 10.6. The Bertz CT molecular complexity index is 518. The average Bonchev–Trinajstić information content (AvgIpc) is 2.54. The van der Waals surface area contributed by atoms with E-state index >= 15 is 0 Å². The zero-order valence-corrected chi connectivity index (χ0v) is 8.25. The molecule has 0 spiro atoms. The van der Waals surface area contributed by atoms with Crippen LogP contribution in [0.3, 0.4) is 0 Å². The van der Waals surface area contributed by atoms with E-state index in [9.17, 15) is 9.59 Å². The predicted molar refractivity (Wildman–Crippen MR) is 53.3 cm³/mol. The molecule has 0 fully saturated rings. The Balaban J connectivity index is 2.49. The van der Waals surface area contributed by atoms with Crippen LogP contribution < -0.4 is 16.0 Å². The van der Waals surface area contributed by atoms with Crippen molar-refractivity contribution in [3.63, 3.8) is 0 Å². The molecule has 6 nitrogen and oxygen atoms in total. The fraction of sp³-hybridized carbons (Fsp3) is 0.200. The largest absolute Gasteiger partial charge is 0.465 e. The number of hydrogen-bond donors (Lipinski definition) is 2. The lowest BCUT2D eigenvalue weighted by Gasteiger charge is -2.19. The van der Waals surface area contributed by atoms with Crippen LogP contribution in [0.1, 0.15) is 6.42 Å². The third-order valence-corrected chi connectivity index (χ3v) is 2.17. The van der Waals surface area contributed by atoms with E-state index in [-0.39, 0.29) is 6.42 Å². The number of nitrogens with one attached hydrogen (secondary N) is 1. The molecule has 2 N–H and O–H groups in total. The van der Waals surface area contributed by atoms with Gasteiger partial charge >= 0.3 is 6.09 Å². The Labute approximate surface area is 90.3 Å². The van der Waals surface area contributed by atoms with Crippen LogP contribution in [-0.2, 0) is 4.79 Å². The van der Waals surface area contributed by atoms with Crippen molar-refractivity contribution >= 4 is 12.4 Å². The summed E-state index contributed by atoms with van der Waals surface area (Å²) in [5, 5.41) is 12.0. The van der Waals surface area contributed by atoms with E-state index in [0.29, 0.717) is 17.0 Å². The number of hydrogen-bond acceptors (Lipinski definition) is 4. The fourth-order valence-corrected chi connectivity index (χ4v) is 1.56. The van der Waals surface area contributed by atoms with Crippen molar-refractivity contribution in [1.82, 2.24) is 5.32 Å². The molecule has 0 aliphatic carbocycles. The second-order valence-corrected chi connectivity index (χ2v) is 3.33. The van der Waals surface area contributed by atoms with Crippen molar-refractivity contribution in [1.29, 1.82) is 0 Å². The average molecular weight is 219 g/mol. The second kappa shape index (κ2) is 3.73. The Kier molecular flexibility index (Phi) is 2.40. The second-order valence-electron chi connectivity index (χ2n) is 3.33. The maximum absolute atomic E-state index is 10.6. The van der Waals surface area contributed by atoms with Crippen molar-refractivity contribution in [3.8, 4) is 0 Å². The maximum Gasteiger partial charge on any atom is 0.408 e. The van der Waals surface area contributed by atoms with E-state index in [0.717, 1.165) is 0 Å². The van der Waals surface area contributed by atoms with Crippen molar-refractivity contribution < 1.29 is 14.7 Å². The fourth-order valence-electron chi connectivity index (χ4n) is 1.56. The third-order valence-electron chi connectivity index (χ3n) is 2.17. The van der Waals surface area contributed by atoms with Crippen LogP contribution in [0.4, 0.5) is 4.79 Å². The number of aldehydes is 1. The van der Waals surface area contributed by atoms with Crippen LogP contribution in [0.25, 0.3) is 0 Å². The Morgan fingerprint density at radius 3 is 2.38 bits per heavy atom. The zero-order valence-electron chi connectivity index (χ0n) is 8.25. The van der Waals surface area contributed by atoms with Crippen LogP contribution in [0, 0.1) is 0 Å². The summed E-state index contributed by atoms with van der Waals surface area (Å²) in [6.07, 6.45) is -0.787. The van der Waals surface area contributed by atoms with Crippen LogP contribution in [0.2, 0.25) is 0 Å². The van der Waals surface area contributed by atoms with Gasteiger partial charge in [0.15, 0.2) is 0 Å². The Morgan fingerprint density at radius 2 is 1.94 bits per heavy atom. The minimum absolute atomic E-state index is 0.117. The summed E-state index contributed by atoms with van der Waals surface area (Å²) in [4.78, 5) is 29.4. The summed E-state index contributed by atoms with van der Waals surface area (Å²) in [7, 11) is 0. The number of carbonyl (C=O) groups is 2. The molecule has 6 heteroatoms. The quantitative estimate of drug-likeness (QED) is 0.668. The number of benzene rings is 1. The number of para-hydroxylation sites is 2. The molecule has 1 aliphatic heterocycles. The summed E-state index contributed by atoms with van der Waals surface area (Å²) in [5.74, 6) is -1.39. The SMILES string of the molecule is O=CCC1(NC(=O)O)N=c2ccccc2=N1. The van der Waals surface area contributed by atoms with E-state index in [4.69, 9.17) is 5.11 Å². The molecule has 82 valence electrons. The van der Waals surface area contributed by atoms with Gasteiger partial charge in [-0.1, -0.05) is 12.1 Å². The normalized spacial score (nSPS) is 15.5. The summed E-state index contributed by atoms with van der Waals surface area (Å²) < 4.78 is 0. The molecule has 0 bridgehead atoms. The molecular weight excluding hydrogens is 210 g/mol. The first-order valence-electron chi connectivity index (χ1n) is 4.65. The number of carbonyl (C=O) groups excluding carboxylic acids is 1. The molecule has 16 heavy (non-hydrogen) atoms. The summed E-state index contributed by atoms with van der Waals surface area (Å²) in [6.45, 7) is 0. The van der Waals surface area contributed by atoms with Crippen LogP contribution in [0.15, 0.2) is 34.3 Å². The monoisotopic (exact) mass is 219 g/mol. The molecule has 1 amide bonds. The smallest absolute Gasteiger partial charge is 0.408 e. The first-order valence-corrected chi connectivity index (χ1v) is 4.65. The third kappa shape index (κ3) is 1.77. The molecule has 0 saturated heterocycles. The van der Waals surface area contributed by atoms with Crippen molar-refractivity contribution in [2.75, 3.05) is 0 Å². The van der Waals surface area contributed by atoms with Gasteiger partial charge < -0.3 is 9.90 Å². The van der Waals surface area contributed by atoms with Gasteiger partial charge in [-0.15, -0.1) is 0 Å². The van der Waals surface area contributed by atoms with Gasteiger partial charge in [0.1, 0.15) is 6.29 Å². The van der Waals surface area contributed by atoms with Gasteiger partial charge in [0, 0.05) is 0 Å². The number of rotatable bonds is 3. The molecule has 1 heterocycles. The highest BCUT2D eigenvalue weighted by atomic mass is 16.4. The molecular formula is C10H9N3O3. The van der Waals surface area contributed by atoms with E-state index in [1.54, 1.807) is 24.3 Å². The highest BCUT2D eigenvalue weighted by Crippen LogP contribution is 2.13. The number of carboxylic acid groups (broad SMARTS) is 1. The molecule has 0 atom stereocenters. The first kappa shape index (κ1) is 10.3. The zero-order chi connectivity index (χ0) is 11.6. The topological polar surface area (TPSA) is 91.1 Å². The molecule has 0 radical (unpaired) electrons. The van der Waals surface area contributed by atoms with Gasteiger partial charge in [-0.2, -0.15) is 0 Å². The van der Waals surface area contributed by atoms with E-state index in [1.807, 2.05) is 0 Å². The number of fused-ring (bicyclic) bond motifs is 1. The molecule has 1 aromatic rings. The first-order chi connectivity index (χ1) is 7.65. The Hall–Kier alpha value is -2.24. The van der Waals surface area contributed by atoms with E-state index < -0.39 is 11.9 Å². The minimum atomic E-state index is -1.39. The van der Waals surface area contributed by atoms with E-state index in [2.05, 4.69) is 15.3 Å². The van der Waals surface area contributed by atoms with Gasteiger partial charge in [-0.05, 0) is 12.1 Å². The van der Waals surface area contributed by atoms with Crippen molar-refractivity contribution in [2.45, 2.75) is 12.2 Å². The molecule has 2 rings (SSSR count). The number of amides is 1. The molecule has 1 aromatic carbocycles. The number of nitrogens with zero attached hydrogens (tertiary/aromatic N) is 2. The van der Waals surface area contributed by atoms with Crippen LogP contribution in [-0.4, -0.2) is 23.3 Å². The van der Waals surface area contributed by atoms with Crippen molar-refractivity contribution in [2.24, 2.45) is 9.98 Å². The Morgan fingerprint density at radius 1 is 1.38 bits per heavy atom. The van der Waals surface area contributed by atoms with Crippen LogP contribution in [0.5, 0.6) is 0 Å². The van der Waals surface area contributed by atoms with Gasteiger partial charge in [0.05, 0.1) is 17.1 Å². The van der Waals surface area contributed by atoms with Crippen molar-refractivity contribution in [3.05, 3.63) is 35.0 Å². The lowest BCUT2D eigenvalue weighted by Crippen LogP contribution is -2.44. The van der Waals surface area contributed by atoms with E-state index in [1.165, 1.54) is 0 Å². The summed E-state index contributed by atoms with van der Waals surface area (Å²) >= 11 is 0. The highest BCUT2D eigenvalue weighted by Gasteiger charge is 2.32. The molecule has 1 aliphatic rings. The summed E-state index contributed by atoms with van der Waals surface area (Å²) in [6, 6.07) is 6.98. The summed E-state index contributed by atoms with van der Waals surface area (Å²) in [5.41, 5.74) is 0. The standard InChI is InChI=1S/C10H9N3O3/c14-6-5-10(13-9(15)16)11-7-3-1-2-4-8(7)12-10/h1-4,6,13H,5H2,(H,15,16). The molecule has 0 aromatic heterocycles. The van der Waals surface area contributed by atoms with Gasteiger partial charge in [0.2, 0.25) is 5.79 Å². The molecule has 0 saturated carbocycles. The van der Waals surface area contributed by atoms with Gasteiger partial charge in [0.25, 0.3) is 0 Å². The van der Waals surface area contributed by atoms with Crippen LogP contribution >= 0.6 is 0 Å². The lowest BCUT2D eigenvalue weighted by molar-refractivity contribution is -0.108. The van der Waals surface area contributed by atoms with Gasteiger partial charge in [-0.3, -0.25) is 5.32 Å². The molecule has 0 unspecified atom stereocenters. The van der Waals surface area contributed by atoms with Gasteiger partial charge in [-0.25, -0.2) is 14.8 Å². The predicted octanol–water partition coefficient (Wildman–Crippen LogP) is -0.550.